The minimum atomic E-state index is -0.640. The Hall–Kier alpha value is -2.16. The molecule has 0 saturated heterocycles. The molecule has 0 fully saturated rings. The second-order valence-electron chi connectivity index (χ2n) is 2.98. The number of nitrogens with zero attached hydrogens (tertiary/aromatic N) is 2. The molecule has 0 aliphatic heterocycles. The van der Waals surface area contributed by atoms with E-state index in [0.717, 1.165) is 18.2 Å². The van der Waals surface area contributed by atoms with E-state index in [1.54, 1.807) is 0 Å². The zero-order chi connectivity index (χ0) is 12.0. The number of nitriles is 1. The lowest BCUT2D eigenvalue weighted by molar-refractivity contribution is -0.385. The van der Waals surface area contributed by atoms with Crippen molar-refractivity contribution >= 4 is 5.69 Å². The van der Waals surface area contributed by atoms with Gasteiger partial charge in [-0.15, -0.1) is 0 Å². The Labute approximate surface area is 91.2 Å². The van der Waals surface area contributed by atoms with Crippen molar-refractivity contribution in [2.75, 3.05) is 6.61 Å². The van der Waals surface area contributed by atoms with Gasteiger partial charge in [-0.3, -0.25) is 10.1 Å². The molecule has 0 bridgehead atoms. The van der Waals surface area contributed by atoms with Crippen LogP contribution in [0.15, 0.2) is 18.2 Å². The van der Waals surface area contributed by atoms with E-state index in [0.29, 0.717) is 12.8 Å². The molecule has 0 aliphatic rings. The predicted octanol–water partition coefficient (Wildman–Crippen LogP) is 2.42. The van der Waals surface area contributed by atoms with Crippen molar-refractivity contribution in [3.8, 4) is 11.8 Å². The number of ether oxygens (including phenoxy) is 1. The minimum Gasteiger partial charge on any atom is -0.487 e. The Bertz CT molecular complexity index is 429. The standard InChI is InChI=1S/C10H9FN2O3/c11-8-3-4-9(13(14)15)10(7-8)16-6-2-1-5-12/h3-4,7H,1-2,6H2. The van der Waals surface area contributed by atoms with Gasteiger partial charge in [0.15, 0.2) is 5.75 Å². The summed E-state index contributed by atoms with van der Waals surface area (Å²) in [7, 11) is 0. The fraction of sp³-hybridized carbons (Fsp3) is 0.300. The molecule has 84 valence electrons. The molecule has 1 rings (SSSR count). The van der Waals surface area contributed by atoms with Crippen LogP contribution in [0.3, 0.4) is 0 Å². The molecule has 0 unspecified atom stereocenters. The highest BCUT2D eigenvalue weighted by atomic mass is 19.1. The smallest absolute Gasteiger partial charge is 0.311 e. The van der Waals surface area contributed by atoms with Crippen LogP contribution in [-0.2, 0) is 0 Å². The van der Waals surface area contributed by atoms with Crippen molar-refractivity contribution in [2.45, 2.75) is 12.8 Å². The third-order valence-electron chi connectivity index (χ3n) is 1.81. The van der Waals surface area contributed by atoms with Gasteiger partial charge < -0.3 is 4.74 Å². The molecule has 0 saturated carbocycles. The summed E-state index contributed by atoms with van der Waals surface area (Å²) in [6.45, 7) is 0.151. The average Bonchev–Trinajstić information content (AvgIpc) is 2.24. The zero-order valence-electron chi connectivity index (χ0n) is 8.35. The number of nitro groups is 1. The summed E-state index contributed by atoms with van der Waals surface area (Å²) >= 11 is 0. The van der Waals surface area contributed by atoms with Crippen LogP contribution in [-0.4, -0.2) is 11.5 Å². The fourth-order valence-corrected chi connectivity index (χ4v) is 1.09. The number of hydrogen-bond acceptors (Lipinski definition) is 4. The van der Waals surface area contributed by atoms with Crippen molar-refractivity contribution in [1.82, 2.24) is 0 Å². The van der Waals surface area contributed by atoms with Crippen molar-refractivity contribution in [1.29, 1.82) is 5.26 Å². The van der Waals surface area contributed by atoms with Crippen LogP contribution in [0.4, 0.5) is 10.1 Å². The van der Waals surface area contributed by atoms with E-state index in [1.807, 2.05) is 6.07 Å². The van der Waals surface area contributed by atoms with Gasteiger partial charge >= 0.3 is 5.69 Å². The van der Waals surface area contributed by atoms with Crippen molar-refractivity contribution < 1.29 is 14.1 Å². The molecule has 0 radical (unpaired) electrons. The van der Waals surface area contributed by atoms with E-state index >= 15 is 0 Å². The normalized spacial score (nSPS) is 9.50. The largest absolute Gasteiger partial charge is 0.487 e. The van der Waals surface area contributed by atoms with Gasteiger partial charge in [0.2, 0.25) is 0 Å². The number of hydrogen-bond donors (Lipinski definition) is 0. The number of rotatable bonds is 5. The maximum Gasteiger partial charge on any atom is 0.311 e. The third kappa shape index (κ3) is 3.20. The predicted molar refractivity (Wildman–Crippen MR) is 53.4 cm³/mol. The summed E-state index contributed by atoms with van der Waals surface area (Å²) < 4.78 is 17.9. The van der Waals surface area contributed by atoms with Gasteiger partial charge in [-0.25, -0.2) is 4.39 Å². The minimum absolute atomic E-state index is 0.108. The monoisotopic (exact) mass is 224 g/mol. The van der Waals surface area contributed by atoms with Crippen LogP contribution < -0.4 is 4.74 Å². The van der Waals surface area contributed by atoms with Crippen LogP contribution in [0.25, 0.3) is 0 Å². The molecular weight excluding hydrogens is 215 g/mol. The Morgan fingerprint density at radius 3 is 2.94 bits per heavy atom. The van der Waals surface area contributed by atoms with Crippen LogP contribution in [0, 0.1) is 27.3 Å². The summed E-state index contributed by atoms with van der Waals surface area (Å²) in [5, 5.41) is 18.8. The maximum atomic E-state index is 12.8. The highest BCUT2D eigenvalue weighted by Gasteiger charge is 2.15. The first kappa shape index (κ1) is 11.9. The van der Waals surface area contributed by atoms with Gasteiger partial charge in [-0.2, -0.15) is 5.26 Å². The molecule has 6 heteroatoms. The first-order valence-electron chi connectivity index (χ1n) is 4.59. The van der Waals surface area contributed by atoms with E-state index in [-0.39, 0.29) is 18.0 Å². The average molecular weight is 224 g/mol. The van der Waals surface area contributed by atoms with Crippen LogP contribution >= 0.6 is 0 Å². The number of nitro benzene ring substituents is 1. The highest BCUT2D eigenvalue weighted by molar-refractivity contribution is 5.46. The molecule has 0 spiro atoms. The van der Waals surface area contributed by atoms with E-state index in [9.17, 15) is 14.5 Å². The zero-order valence-corrected chi connectivity index (χ0v) is 8.35. The lowest BCUT2D eigenvalue weighted by Crippen LogP contribution is -2.00. The topological polar surface area (TPSA) is 76.2 Å². The Morgan fingerprint density at radius 2 is 2.31 bits per heavy atom. The van der Waals surface area contributed by atoms with Crippen LogP contribution in [0.2, 0.25) is 0 Å². The van der Waals surface area contributed by atoms with Gasteiger partial charge in [0.1, 0.15) is 5.82 Å². The summed E-state index contributed by atoms with van der Waals surface area (Å²) in [4.78, 5) is 9.93. The summed E-state index contributed by atoms with van der Waals surface area (Å²) in [5.74, 6) is -0.705. The van der Waals surface area contributed by atoms with E-state index in [1.165, 1.54) is 0 Å². The molecule has 0 heterocycles. The lowest BCUT2D eigenvalue weighted by atomic mass is 10.3. The second kappa shape index (κ2) is 5.66. The second-order valence-corrected chi connectivity index (χ2v) is 2.98. The molecule has 1 aromatic rings. The fourth-order valence-electron chi connectivity index (χ4n) is 1.09. The van der Waals surface area contributed by atoms with Gasteiger partial charge in [0.25, 0.3) is 0 Å². The first-order chi connectivity index (χ1) is 7.65. The molecule has 0 N–H and O–H groups in total. The van der Waals surface area contributed by atoms with E-state index in [2.05, 4.69) is 0 Å². The van der Waals surface area contributed by atoms with Crippen molar-refractivity contribution in [3.63, 3.8) is 0 Å². The Balaban J connectivity index is 2.73. The highest BCUT2D eigenvalue weighted by Crippen LogP contribution is 2.27. The van der Waals surface area contributed by atoms with Gasteiger partial charge in [0, 0.05) is 18.6 Å². The van der Waals surface area contributed by atoms with Crippen LogP contribution in [0.1, 0.15) is 12.8 Å². The van der Waals surface area contributed by atoms with Crippen LogP contribution in [0.5, 0.6) is 5.75 Å². The number of unbranched alkanes of at least 4 members (excludes halogenated alkanes) is 1. The van der Waals surface area contributed by atoms with Gasteiger partial charge in [0.05, 0.1) is 17.6 Å². The first-order valence-corrected chi connectivity index (χ1v) is 4.59. The molecule has 0 atom stereocenters. The van der Waals surface area contributed by atoms with Gasteiger partial charge in [-0.05, 0) is 12.5 Å². The van der Waals surface area contributed by atoms with E-state index < -0.39 is 10.7 Å². The molecule has 1 aromatic carbocycles. The van der Waals surface area contributed by atoms with Crippen molar-refractivity contribution in [2.24, 2.45) is 0 Å². The summed E-state index contributed by atoms with van der Waals surface area (Å²) in [6.07, 6.45) is 0.743. The maximum absolute atomic E-state index is 12.8. The van der Waals surface area contributed by atoms with Crippen molar-refractivity contribution in [3.05, 3.63) is 34.1 Å². The summed E-state index contributed by atoms with van der Waals surface area (Å²) in [5.41, 5.74) is -0.279. The molecule has 16 heavy (non-hydrogen) atoms. The number of benzene rings is 1. The molecule has 0 amide bonds. The SMILES string of the molecule is N#CCCCOc1cc(F)ccc1[N+](=O)[O-]. The third-order valence-corrected chi connectivity index (χ3v) is 1.81. The molecule has 0 aliphatic carbocycles. The lowest BCUT2D eigenvalue weighted by Gasteiger charge is -2.05. The molecule has 0 aromatic heterocycles. The quantitative estimate of drug-likeness (QED) is 0.437. The number of halogens is 1. The molecular formula is C10H9FN2O3. The Morgan fingerprint density at radius 1 is 1.56 bits per heavy atom. The molecule has 5 nitrogen and oxygen atoms in total. The Kier molecular flexibility index (Phi) is 4.21. The van der Waals surface area contributed by atoms with E-state index in [4.69, 9.17) is 10.00 Å². The summed E-state index contributed by atoms with van der Waals surface area (Å²) in [6, 6.07) is 4.93. The van der Waals surface area contributed by atoms with Gasteiger partial charge in [-0.1, -0.05) is 0 Å².